The van der Waals surface area contributed by atoms with Crippen LogP contribution in [0.1, 0.15) is 30.3 Å². The molecule has 4 heterocycles. The largest absolute Gasteiger partial charge is 0.368 e. The molecule has 128 valence electrons. The lowest BCUT2D eigenvalue weighted by molar-refractivity contribution is 0.424. The number of hydrogen-bond acceptors (Lipinski definition) is 7. The summed E-state index contributed by atoms with van der Waals surface area (Å²) in [5, 5.41) is 16.3. The minimum Gasteiger partial charge on any atom is -0.368 e. The Morgan fingerprint density at radius 1 is 1.12 bits per heavy atom. The smallest absolute Gasteiger partial charge is 0.178 e. The van der Waals surface area contributed by atoms with Crippen LogP contribution in [0.25, 0.3) is 5.65 Å². The van der Waals surface area contributed by atoms with Crippen molar-refractivity contribution in [2.24, 2.45) is 5.92 Å². The number of anilines is 2. The monoisotopic (exact) mass is 336 g/mol. The van der Waals surface area contributed by atoms with Crippen LogP contribution < -0.4 is 10.2 Å². The minimum absolute atomic E-state index is 0.591. The van der Waals surface area contributed by atoms with Crippen LogP contribution in [0.3, 0.4) is 0 Å². The maximum atomic E-state index is 4.63. The molecule has 5 rings (SSSR count). The van der Waals surface area contributed by atoms with Gasteiger partial charge in [0.25, 0.3) is 0 Å². The SMILES string of the molecule is Cc1nnc2ccc(N3CC(CNc4nccnc4C4CC4)C3)nn12. The van der Waals surface area contributed by atoms with Crippen molar-refractivity contribution in [2.45, 2.75) is 25.7 Å². The Morgan fingerprint density at radius 3 is 2.80 bits per heavy atom. The molecule has 0 unspecified atom stereocenters. The van der Waals surface area contributed by atoms with Crippen molar-refractivity contribution in [1.29, 1.82) is 0 Å². The lowest BCUT2D eigenvalue weighted by Gasteiger charge is -2.40. The molecule has 1 saturated heterocycles. The molecular formula is C17H20N8. The molecule has 2 fully saturated rings. The highest BCUT2D eigenvalue weighted by Gasteiger charge is 2.30. The zero-order valence-electron chi connectivity index (χ0n) is 14.1. The average molecular weight is 336 g/mol. The van der Waals surface area contributed by atoms with E-state index in [1.165, 1.54) is 12.8 Å². The van der Waals surface area contributed by atoms with E-state index in [0.29, 0.717) is 11.8 Å². The van der Waals surface area contributed by atoms with E-state index in [1.54, 1.807) is 16.9 Å². The third kappa shape index (κ3) is 2.67. The first-order valence-electron chi connectivity index (χ1n) is 8.77. The standard InChI is InChI=1S/C17H20N8/c1-11-21-22-14-4-5-15(23-25(11)14)24-9-12(10-24)8-20-17-16(13-2-3-13)18-6-7-19-17/h4-7,12-13H,2-3,8-10H2,1H3,(H,19,20). The second-order valence-electron chi connectivity index (χ2n) is 6.93. The summed E-state index contributed by atoms with van der Waals surface area (Å²) in [4.78, 5) is 11.2. The van der Waals surface area contributed by atoms with E-state index in [0.717, 1.165) is 48.4 Å². The van der Waals surface area contributed by atoms with Crippen molar-refractivity contribution in [3.63, 3.8) is 0 Å². The van der Waals surface area contributed by atoms with Crippen LogP contribution in [-0.2, 0) is 0 Å². The molecule has 0 spiro atoms. The Kier molecular flexibility index (Phi) is 3.29. The summed E-state index contributed by atoms with van der Waals surface area (Å²) in [6.45, 7) is 4.82. The van der Waals surface area contributed by atoms with Gasteiger partial charge < -0.3 is 10.2 Å². The van der Waals surface area contributed by atoms with Gasteiger partial charge in [0.05, 0.1) is 5.69 Å². The first-order chi connectivity index (χ1) is 12.3. The molecule has 8 heteroatoms. The van der Waals surface area contributed by atoms with Gasteiger partial charge in [-0.2, -0.15) is 4.52 Å². The molecule has 0 amide bonds. The summed E-state index contributed by atoms with van der Waals surface area (Å²) < 4.78 is 1.79. The molecule has 3 aromatic heterocycles. The maximum Gasteiger partial charge on any atom is 0.178 e. The fourth-order valence-electron chi connectivity index (χ4n) is 3.32. The van der Waals surface area contributed by atoms with Crippen molar-refractivity contribution in [2.75, 3.05) is 29.9 Å². The van der Waals surface area contributed by atoms with E-state index in [4.69, 9.17) is 0 Å². The predicted molar refractivity (Wildman–Crippen MR) is 93.7 cm³/mol. The van der Waals surface area contributed by atoms with Crippen LogP contribution in [0, 0.1) is 12.8 Å². The first-order valence-corrected chi connectivity index (χ1v) is 8.77. The van der Waals surface area contributed by atoms with E-state index in [-0.39, 0.29) is 0 Å². The second-order valence-corrected chi connectivity index (χ2v) is 6.93. The summed E-state index contributed by atoms with van der Waals surface area (Å²) in [7, 11) is 0. The molecule has 25 heavy (non-hydrogen) atoms. The van der Waals surface area contributed by atoms with E-state index in [2.05, 4.69) is 35.5 Å². The molecule has 1 N–H and O–H groups in total. The Morgan fingerprint density at radius 2 is 1.96 bits per heavy atom. The number of fused-ring (bicyclic) bond motifs is 1. The molecule has 0 aromatic carbocycles. The summed E-state index contributed by atoms with van der Waals surface area (Å²) in [5.74, 6) is 3.95. The minimum atomic E-state index is 0.591. The van der Waals surface area contributed by atoms with Crippen molar-refractivity contribution in [3.8, 4) is 0 Å². The van der Waals surface area contributed by atoms with Crippen molar-refractivity contribution in [3.05, 3.63) is 36.0 Å². The van der Waals surface area contributed by atoms with Gasteiger partial charge >= 0.3 is 0 Å². The Balaban J connectivity index is 1.21. The predicted octanol–water partition coefficient (Wildman–Crippen LogP) is 1.65. The lowest BCUT2D eigenvalue weighted by atomic mass is 10.0. The van der Waals surface area contributed by atoms with Crippen LogP contribution >= 0.6 is 0 Å². The summed E-state index contributed by atoms with van der Waals surface area (Å²) >= 11 is 0. The van der Waals surface area contributed by atoms with Gasteiger partial charge in [-0.15, -0.1) is 15.3 Å². The van der Waals surface area contributed by atoms with Crippen LogP contribution in [0.15, 0.2) is 24.5 Å². The second kappa shape index (κ2) is 5.65. The normalized spacial score (nSPS) is 17.7. The molecule has 0 radical (unpaired) electrons. The highest BCUT2D eigenvalue weighted by atomic mass is 15.4. The van der Waals surface area contributed by atoms with E-state index >= 15 is 0 Å². The Labute approximate surface area is 145 Å². The molecule has 8 nitrogen and oxygen atoms in total. The topological polar surface area (TPSA) is 84.1 Å². The highest BCUT2D eigenvalue weighted by Crippen LogP contribution is 2.41. The third-order valence-corrected chi connectivity index (χ3v) is 4.93. The fraction of sp³-hybridized carbons (Fsp3) is 0.471. The zero-order chi connectivity index (χ0) is 16.8. The number of aryl methyl sites for hydroxylation is 1. The van der Waals surface area contributed by atoms with Gasteiger partial charge in [0, 0.05) is 43.9 Å². The van der Waals surface area contributed by atoms with Crippen LogP contribution in [0.2, 0.25) is 0 Å². The number of aromatic nitrogens is 6. The van der Waals surface area contributed by atoms with E-state index < -0.39 is 0 Å². The Hall–Kier alpha value is -2.77. The van der Waals surface area contributed by atoms with Gasteiger partial charge in [-0.05, 0) is 31.9 Å². The lowest BCUT2D eigenvalue weighted by Crippen LogP contribution is -2.50. The van der Waals surface area contributed by atoms with Gasteiger partial charge in [-0.3, -0.25) is 4.98 Å². The quantitative estimate of drug-likeness (QED) is 0.758. The van der Waals surface area contributed by atoms with Gasteiger partial charge in [-0.25, -0.2) is 4.98 Å². The molecule has 0 bridgehead atoms. The summed E-state index contributed by atoms with van der Waals surface area (Å²) in [6.07, 6.45) is 6.03. The van der Waals surface area contributed by atoms with Crippen LogP contribution in [0.5, 0.6) is 0 Å². The van der Waals surface area contributed by atoms with Gasteiger partial charge in [-0.1, -0.05) is 0 Å². The van der Waals surface area contributed by atoms with Crippen LogP contribution in [-0.4, -0.2) is 49.4 Å². The van der Waals surface area contributed by atoms with Gasteiger partial charge in [0.1, 0.15) is 11.6 Å². The van der Waals surface area contributed by atoms with Crippen molar-refractivity contribution in [1.82, 2.24) is 29.8 Å². The van der Waals surface area contributed by atoms with E-state index in [1.807, 2.05) is 19.1 Å². The number of nitrogens with one attached hydrogen (secondary N) is 1. The van der Waals surface area contributed by atoms with Gasteiger partial charge in [0.15, 0.2) is 11.5 Å². The summed E-state index contributed by atoms with van der Waals surface area (Å²) in [5.41, 5.74) is 1.92. The fourth-order valence-corrected chi connectivity index (χ4v) is 3.32. The molecule has 2 aliphatic rings. The molecular weight excluding hydrogens is 316 g/mol. The maximum absolute atomic E-state index is 4.63. The molecule has 1 saturated carbocycles. The van der Waals surface area contributed by atoms with Gasteiger partial charge in [0.2, 0.25) is 0 Å². The third-order valence-electron chi connectivity index (χ3n) is 4.93. The average Bonchev–Trinajstić information content (AvgIpc) is 3.38. The molecule has 1 aliphatic heterocycles. The van der Waals surface area contributed by atoms with Crippen LogP contribution in [0.4, 0.5) is 11.6 Å². The van der Waals surface area contributed by atoms with E-state index in [9.17, 15) is 0 Å². The molecule has 1 aliphatic carbocycles. The first kappa shape index (κ1) is 14.6. The Bertz CT molecular complexity index is 910. The van der Waals surface area contributed by atoms with Crippen molar-refractivity contribution >= 4 is 17.3 Å². The number of hydrogen-bond donors (Lipinski definition) is 1. The molecule has 3 aromatic rings. The highest BCUT2D eigenvalue weighted by molar-refractivity contribution is 5.48. The number of rotatable bonds is 5. The number of nitrogens with zero attached hydrogens (tertiary/aromatic N) is 7. The van der Waals surface area contributed by atoms with Crippen molar-refractivity contribution < 1.29 is 0 Å². The zero-order valence-corrected chi connectivity index (χ0v) is 14.1. The summed E-state index contributed by atoms with van der Waals surface area (Å²) in [6, 6.07) is 3.98. The molecule has 0 atom stereocenters.